The second-order valence-electron chi connectivity index (χ2n) is 5.94. The van der Waals surface area contributed by atoms with E-state index in [1.165, 1.54) is 23.5 Å². The van der Waals surface area contributed by atoms with Crippen molar-refractivity contribution in [2.75, 3.05) is 5.32 Å². The van der Waals surface area contributed by atoms with Gasteiger partial charge in [0.1, 0.15) is 11.5 Å². The van der Waals surface area contributed by atoms with Gasteiger partial charge in [0.25, 0.3) is 0 Å². The van der Waals surface area contributed by atoms with Crippen molar-refractivity contribution in [3.8, 4) is 0 Å². The molecule has 0 saturated heterocycles. The number of fused-ring (bicyclic) bond motifs is 2. The van der Waals surface area contributed by atoms with Gasteiger partial charge in [0.05, 0.1) is 16.6 Å². The molecule has 2 aromatic carbocycles. The minimum Gasteiger partial charge on any atom is -0.356 e. The lowest BCUT2D eigenvalue weighted by molar-refractivity contribution is -0.115. The number of benzene rings is 2. The first kappa shape index (κ1) is 15.7. The Bertz CT molecular complexity index is 1120. The summed E-state index contributed by atoms with van der Waals surface area (Å²) in [7, 11) is 0. The number of thiazole rings is 1. The van der Waals surface area contributed by atoms with E-state index < -0.39 is 0 Å². The molecular weight excluding hydrogens is 341 g/mol. The fraction of sp³-hybridized carbons (Fsp3) is 0.167. The van der Waals surface area contributed by atoms with Crippen LogP contribution >= 0.6 is 11.3 Å². The Morgan fingerprint density at radius 3 is 2.96 bits per heavy atom. The minimum absolute atomic E-state index is 0.0835. The van der Waals surface area contributed by atoms with Crippen LogP contribution in [0.5, 0.6) is 0 Å². The van der Waals surface area contributed by atoms with Gasteiger partial charge in [0.2, 0.25) is 5.91 Å². The van der Waals surface area contributed by atoms with Crippen molar-refractivity contribution in [2.45, 2.75) is 20.3 Å². The molecule has 0 bridgehead atoms. The lowest BCUT2D eigenvalue weighted by Gasteiger charge is -2.00. The van der Waals surface area contributed by atoms with Crippen molar-refractivity contribution >= 4 is 43.6 Å². The molecule has 0 fully saturated rings. The third kappa shape index (κ3) is 2.98. The summed E-state index contributed by atoms with van der Waals surface area (Å²) in [4.78, 5) is 16.6. The molecule has 1 amide bonds. The van der Waals surface area contributed by atoms with Crippen LogP contribution in [0.1, 0.15) is 16.8 Å². The number of hydrogen-bond donors (Lipinski definition) is 1. The van der Waals surface area contributed by atoms with Crippen LogP contribution in [0.4, 0.5) is 9.52 Å². The Balaban J connectivity index is 1.57. The number of halogens is 1. The minimum atomic E-state index is -0.325. The summed E-state index contributed by atoms with van der Waals surface area (Å²) < 4.78 is 19.3. The highest BCUT2D eigenvalue weighted by atomic mass is 32.1. The Labute approximate surface area is 146 Å². The molecule has 25 heavy (non-hydrogen) atoms. The number of rotatable bonds is 3. The summed E-state index contributed by atoms with van der Waals surface area (Å²) >= 11 is 1.23. The quantitative estimate of drug-likeness (QED) is 0.592. The second-order valence-corrected chi connectivity index (χ2v) is 6.97. The molecule has 7 heteroatoms. The van der Waals surface area contributed by atoms with Gasteiger partial charge in [-0.05, 0) is 49.2 Å². The number of hydrogen-bond acceptors (Lipinski definition) is 5. The zero-order valence-electron chi connectivity index (χ0n) is 13.6. The molecule has 126 valence electrons. The van der Waals surface area contributed by atoms with Gasteiger partial charge < -0.3 is 9.84 Å². The molecule has 1 N–H and O–H groups in total. The zero-order chi connectivity index (χ0) is 17.6. The van der Waals surface area contributed by atoms with Crippen molar-refractivity contribution in [3.05, 3.63) is 53.0 Å². The molecule has 0 aliphatic rings. The summed E-state index contributed by atoms with van der Waals surface area (Å²) in [6.45, 7) is 3.94. The van der Waals surface area contributed by atoms with Crippen molar-refractivity contribution in [1.29, 1.82) is 0 Å². The van der Waals surface area contributed by atoms with E-state index in [1.54, 1.807) is 6.07 Å². The van der Waals surface area contributed by atoms with Crippen LogP contribution in [0.3, 0.4) is 0 Å². The van der Waals surface area contributed by atoms with E-state index >= 15 is 0 Å². The van der Waals surface area contributed by atoms with Crippen molar-refractivity contribution < 1.29 is 13.7 Å². The smallest absolute Gasteiger partial charge is 0.232 e. The zero-order valence-corrected chi connectivity index (χ0v) is 14.4. The van der Waals surface area contributed by atoms with Gasteiger partial charge in [-0.15, -0.1) is 0 Å². The predicted molar refractivity (Wildman–Crippen MR) is 95.4 cm³/mol. The normalized spacial score (nSPS) is 11.3. The number of anilines is 1. The van der Waals surface area contributed by atoms with Gasteiger partial charge in [-0.3, -0.25) is 4.79 Å². The van der Waals surface area contributed by atoms with Gasteiger partial charge in [-0.25, -0.2) is 9.37 Å². The van der Waals surface area contributed by atoms with E-state index in [2.05, 4.69) is 15.5 Å². The van der Waals surface area contributed by atoms with Crippen LogP contribution in [-0.2, 0) is 11.2 Å². The van der Waals surface area contributed by atoms with E-state index in [4.69, 9.17) is 4.52 Å². The SMILES string of the molecule is Cc1cc(C)c2onc(CC(=O)Nc3nc4ccc(F)cc4s3)c2c1. The van der Waals surface area contributed by atoms with Crippen molar-refractivity contribution in [2.24, 2.45) is 0 Å². The van der Waals surface area contributed by atoms with Crippen LogP contribution in [0.2, 0.25) is 0 Å². The number of carbonyl (C=O) groups is 1. The third-order valence-corrected chi connectivity index (χ3v) is 4.84. The molecule has 0 aliphatic heterocycles. The average molecular weight is 355 g/mol. The predicted octanol–water partition coefficient (Wildman–Crippen LogP) is 4.37. The highest BCUT2D eigenvalue weighted by molar-refractivity contribution is 7.22. The molecule has 4 rings (SSSR count). The van der Waals surface area contributed by atoms with Gasteiger partial charge in [-0.1, -0.05) is 22.6 Å². The van der Waals surface area contributed by atoms with Crippen LogP contribution in [-0.4, -0.2) is 16.0 Å². The Morgan fingerprint density at radius 2 is 2.12 bits per heavy atom. The lowest BCUT2D eigenvalue weighted by Crippen LogP contribution is -2.14. The molecule has 4 aromatic rings. The Kier molecular flexibility index (Phi) is 3.73. The largest absolute Gasteiger partial charge is 0.356 e. The number of carbonyl (C=O) groups excluding carboxylic acids is 1. The van der Waals surface area contributed by atoms with Gasteiger partial charge >= 0.3 is 0 Å². The lowest BCUT2D eigenvalue weighted by atomic mass is 10.1. The topological polar surface area (TPSA) is 68.0 Å². The van der Waals surface area contributed by atoms with E-state index in [0.29, 0.717) is 26.6 Å². The van der Waals surface area contributed by atoms with Crippen LogP contribution in [0, 0.1) is 19.7 Å². The molecule has 0 spiro atoms. The van der Waals surface area contributed by atoms with E-state index in [0.717, 1.165) is 16.5 Å². The molecule has 0 aliphatic carbocycles. The fourth-order valence-electron chi connectivity index (χ4n) is 2.83. The summed E-state index contributed by atoms with van der Waals surface area (Å²) in [6, 6.07) is 8.31. The number of amides is 1. The number of nitrogens with one attached hydrogen (secondary N) is 1. The maximum Gasteiger partial charge on any atom is 0.232 e. The van der Waals surface area contributed by atoms with Crippen molar-refractivity contribution in [3.63, 3.8) is 0 Å². The average Bonchev–Trinajstić information content (AvgIpc) is 3.11. The highest BCUT2D eigenvalue weighted by Crippen LogP contribution is 2.27. The maximum absolute atomic E-state index is 13.2. The van der Waals surface area contributed by atoms with Crippen LogP contribution in [0.25, 0.3) is 21.2 Å². The summed E-state index contributed by atoms with van der Waals surface area (Å²) in [5.74, 6) is -0.567. The first-order chi connectivity index (χ1) is 12.0. The number of aromatic nitrogens is 2. The van der Waals surface area contributed by atoms with Gasteiger partial charge in [-0.2, -0.15) is 0 Å². The summed E-state index contributed by atoms with van der Waals surface area (Å²) in [6.07, 6.45) is 0.0835. The Hall–Kier alpha value is -2.80. The monoisotopic (exact) mass is 355 g/mol. The molecule has 0 unspecified atom stereocenters. The summed E-state index contributed by atoms with van der Waals surface area (Å²) in [5, 5.41) is 8.06. The molecule has 0 saturated carbocycles. The van der Waals surface area contributed by atoms with Gasteiger partial charge in [0.15, 0.2) is 10.7 Å². The van der Waals surface area contributed by atoms with Crippen molar-refractivity contribution in [1.82, 2.24) is 10.1 Å². The first-order valence-corrected chi connectivity index (χ1v) is 8.53. The van der Waals surface area contributed by atoms with Gasteiger partial charge in [0, 0.05) is 5.39 Å². The van der Waals surface area contributed by atoms with E-state index in [9.17, 15) is 9.18 Å². The number of aryl methyl sites for hydroxylation is 2. The molecule has 2 aromatic heterocycles. The first-order valence-electron chi connectivity index (χ1n) is 7.71. The van der Waals surface area contributed by atoms with E-state index in [1.807, 2.05) is 26.0 Å². The fourth-order valence-corrected chi connectivity index (χ4v) is 3.74. The second kappa shape index (κ2) is 5.93. The molecule has 2 heterocycles. The molecule has 0 radical (unpaired) electrons. The number of nitrogens with zero attached hydrogens (tertiary/aromatic N) is 2. The third-order valence-electron chi connectivity index (χ3n) is 3.90. The maximum atomic E-state index is 13.2. The molecule has 5 nitrogen and oxygen atoms in total. The van der Waals surface area contributed by atoms with E-state index in [-0.39, 0.29) is 18.1 Å². The molecular formula is C18H14FN3O2S. The summed E-state index contributed by atoms with van der Waals surface area (Å²) in [5.41, 5.74) is 4.01. The van der Waals surface area contributed by atoms with Crippen LogP contribution < -0.4 is 5.32 Å². The highest BCUT2D eigenvalue weighted by Gasteiger charge is 2.16. The van der Waals surface area contributed by atoms with Crippen LogP contribution in [0.15, 0.2) is 34.9 Å². The Morgan fingerprint density at radius 1 is 1.28 bits per heavy atom. The standard InChI is InChI=1S/C18H14FN3O2S/c1-9-5-10(2)17-12(6-9)14(22-24-17)8-16(23)21-18-20-13-4-3-11(19)7-15(13)25-18/h3-7H,8H2,1-2H3,(H,20,21,23). The molecule has 0 atom stereocenters.